The maximum Gasteiger partial charge on any atom is 0.329 e. The Hall–Kier alpha value is -1.30. The molecule has 108 valence electrons. The van der Waals surface area contributed by atoms with E-state index >= 15 is 0 Å². The van der Waals surface area contributed by atoms with Gasteiger partial charge in [-0.1, -0.05) is 0 Å². The fourth-order valence-corrected chi connectivity index (χ4v) is 2.76. The molecule has 0 aromatic carbocycles. The molecule has 1 N–H and O–H groups in total. The molecule has 2 aliphatic rings. The van der Waals surface area contributed by atoms with E-state index in [1.54, 1.807) is 25.8 Å². The summed E-state index contributed by atoms with van der Waals surface area (Å²) in [6.07, 6.45) is 2.33. The van der Waals surface area contributed by atoms with E-state index < -0.39 is 11.5 Å². The lowest BCUT2D eigenvalue weighted by Gasteiger charge is -2.41. The van der Waals surface area contributed by atoms with E-state index in [0.29, 0.717) is 12.6 Å². The molecule has 0 radical (unpaired) electrons. The number of rotatable bonds is 2. The Morgan fingerprint density at radius 1 is 1.26 bits per heavy atom. The van der Waals surface area contributed by atoms with E-state index in [9.17, 15) is 14.7 Å². The number of carbonyl (C=O) groups excluding carboxylic acids is 1. The summed E-state index contributed by atoms with van der Waals surface area (Å²) < 4.78 is 0. The number of amides is 2. The summed E-state index contributed by atoms with van der Waals surface area (Å²) >= 11 is 0. The highest BCUT2D eigenvalue weighted by Gasteiger charge is 2.39. The molecule has 1 unspecified atom stereocenters. The summed E-state index contributed by atoms with van der Waals surface area (Å²) in [4.78, 5) is 29.2. The number of aliphatic carboxylic acids is 1. The van der Waals surface area contributed by atoms with Crippen LogP contribution in [0, 0.1) is 0 Å². The predicted molar refractivity (Wildman–Crippen MR) is 71.0 cm³/mol. The third-order valence-corrected chi connectivity index (χ3v) is 4.51. The Morgan fingerprint density at radius 2 is 1.95 bits per heavy atom. The number of nitrogens with zero attached hydrogens (tertiary/aromatic N) is 3. The van der Waals surface area contributed by atoms with Crippen molar-refractivity contribution < 1.29 is 14.7 Å². The molecule has 2 fully saturated rings. The summed E-state index contributed by atoms with van der Waals surface area (Å²) in [5.74, 6) is -0.983. The number of hydrogen-bond acceptors (Lipinski definition) is 3. The molecule has 0 aromatic rings. The van der Waals surface area contributed by atoms with Crippen LogP contribution in [0.3, 0.4) is 0 Å². The van der Waals surface area contributed by atoms with Gasteiger partial charge in [0.25, 0.3) is 0 Å². The van der Waals surface area contributed by atoms with Crippen molar-refractivity contribution in [1.82, 2.24) is 14.7 Å². The molecule has 0 spiro atoms. The topological polar surface area (TPSA) is 64.1 Å². The molecular formula is C13H23N3O3. The van der Waals surface area contributed by atoms with Crippen LogP contribution in [0.15, 0.2) is 0 Å². The van der Waals surface area contributed by atoms with Crippen LogP contribution in [0.5, 0.6) is 0 Å². The number of carboxylic acid groups (broad SMARTS) is 1. The van der Waals surface area contributed by atoms with Gasteiger partial charge in [-0.2, -0.15) is 0 Å². The van der Waals surface area contributed by atoms with Crippen molar-refractivity contribution in [2.24, 2.45) is 0 Å². The lowest BCUT2D eigenvalue weighted by atomic mass is 10.0. The molecule has 2 aliphatic heterocycles. The molecule has 0 saturated carbocycles. The van der Waals surface area contributed by atoms with Crippen LogP contribution in [0.1, 0.15) is 26.7 Å². The first-order valence-electron chi connectivity index (χ1n) is 6.84. The quantitative estimate of drug-likeness (QED) is 0.801. The fourth-order valence-electron chi connectivity index (χ4n) is 2.76. The minimum absolute atomic E-state index is 0.182. The highest BCUT2D eigenvalue weighted by molar-refractivity contribution is 5.85. The molecule has 0 aromatic heterocycles. The van der Waals surface area contributed by atoms with Crippen LogP contribution in [0.2, 0.25) is 0 Å². The normalized spacial score (nSPS) is 24.2. The first-order chi connectivity index (χ1) is 8.84. The molecule has 0 aliphatic carbocycles. The number of carboxylic acids is 1. The van der Waals surface area contributed by atoms with Crippen molar-refractivity contribution in [1.29, 1.82) is 0 Å². The van der Waals surface area contributed by atoms with Gasteiger partial charge in [0, 0.05) is 32.7 Å². The number of hydrogen-bond donors (Lipinski definition) is 1. The fraction of sp³-hybridized carbons (Fsp3) is 0.846. The van der Waals surface area contributed by atoms with Gasteiger partial charge in [-0.15, -0.1) is 0 Å². The van der Waals surface area contributed by atoms with Gasteiger partial charge in [0.15, 0.2) is 0 Å². The van der Waals surface area contributed by atoms with Crippen molar-refractivity contribution in [3.8, 4) is 0 Å². The van der Waals surface area contributed by atoms with E-state index in [1.165, 1.54) is 11.3 Å². The van der Waals surface area contributed by atoms with Gasteiger partial charge in [-0.25, -0.2) is 9.59 Å². The predicted octanol–water partition coefficient (Wildman–Crippen LogP) is 0.681. The monoisotopic (exact) mass is 269 g/mol. The van der Waals surface area contributed by atoms with Crippen LogP contribution in [-0.4, -0.2) is 76.6 Å². The third-order valence-electron chi connectivity index (χ3n) is 4.51. The molecule has 0 bridgehead atoms. The van der Waals surface area contributed by atoms with Crippen molar-refractivity contribution in [3.05, 3.63) is 0 Å². The molecular weight excluding hydrogens is 246 g/mol. The van der Waals surface area contributed by atoms with Gasteiger partial charge in [0.1, 0.15) is 5.54 Å². The lowest BCUT2D eigenvalue weighted by Crippen LogP contribution is -2.59. The van der Waals surface area contributed by atoms with Crippen molar-refractivity contribution in [3.63, 3.8) is 0 Å². The third kappa shape index (κ3) is 2.54. The van der Waals surface area contributed by atoms with Gasteiger partial charge < -0.3 is 14.9 Å². The number of piperazine rings is 1. The van der Waals surface area contributed by atoms with E-state index in [4.69, 9.17) is 0 Å². The zero-order chi connectivity index (χ0) is 14.2. The van der Waals surface area contributed by atoms with Crippen LogP contribution < -0.4 is 0 Å². The van der Waals surface area contributed by atoms with E-state index in [-0.39, 0.29) is 6.03 Å². The average molecular weight is 269 g/mol. The van der Waals surface area contributed by atoms with E-state index in [0.717, 1.165) is 26.1 Å². The molecule has 2 amide bonds. The highest BCUT2D eigenvalue weighted by Crippen LogP contribution is 2.23. The van der Waals surface area contributed by atoms with Gasteiger partial charge in [-0.3, -0.25) is 4.90 Å². The zero-order valence-corrected chi connectivity index (χ0v) is 11.9. The van der Waals surface area contributed by atoms with E-state index in [1.807, 2.05) is 0 Å². The van der Waals surface area contributed by atoms with Gasteiger partial charge in [0.2, 0.25) is 0 Å². The molecule has 6 nitrogen and oxygen atoms in total. The minimum atomic E-state index is -1.18. The van der Waals surface area contributed by atoms with Crippen LogP contribution in [0.4, 0.5) is 4.79 Å². The lowest BCUT2D eigenvalue weighted by molar-refractivity contribution is -0.147. The van der Waals surface area contributed by atoms with Gasteiger partial charge in [0.05, 0.1) is 0 Å². The number of carbonyl (C=O) groups is 2. The minimum Gasteiger partial charge on any atom is -0.480 e. The summed E-state index contributed by atoms with van der Waals surface area (Å²) in [6, 6.07) is 0.276. The second kappa shape index (κ2) is 5.00. The Kier molecular flexibility index (Phi) is 3.71. The second-order valence-electron chi connectivity index (χ2n) is 5.98. The molecule has 2 heterocycles. The summed E-state index contributed by atoms with van der Waals surface area (Å²) in [5.41, 5.74) is -1.18. The molecule has 2 saturated heterocycles. The van der Waals surface area contributed by atoms with Crippen LogP contribution in [0.25, 0.3) is 0 Å². The number of urea groups is 1. The average Bonchev–Trinajstić information content (AvgIpc) is 2.83. The first-order valence-corrected chi connectivity index (χ1v) is 6.84. The number of likely N-dealkylation sites (N-methyl/N-ethyl adjacent to an activating group) is 1. The molecule has 6 heteroatoms. The summed E-state index contributed by atoms with van der Waals surface area (Å²) in [7, 11) is 1.57. The second-order valence-corrected chi connectivity index (χ2v) is 5.98. The van der Waals surface area contributed by atoms with Crippen LogP contribution >= 0.6 is 0 Å². The highest BCUT2D eigenvalue weighted by atomic mass is 16.4. The summed E-state index contributed by atoms with van der Waals surface area (Å²) in [6.45, 7) is 6.55. The largest absolute Gasteiger partial charge is 0.480 e. The Bertz CT molecular complexity index is 383. The molecule has 1 atom stereocenters. The van der Waals surface area contributed by atoms with Gasteiger partial charge >= 0.3 is 12.0 Å². The van der Waals surface area contributed by atoms with Crippen molar-refractivity contribution >= 4 is 12.0 Å². The number of fused-ring (bicyclic) bond motifs is 1. The van der Waals surface area contributed by atoms with Crippen LogP contribution in [-0.2, 0) is 4.79 Å². The smallest absolute Gasteiger partial charge is 0.329 e. The maximum absolute atomic E-state index is 12.4. The Morgan fingerprint density at radius 3 is 2.58 bits per heavy atom. The standard InChI is InChI=1S/C13H23N3O3/c1-13(2,11(17)18)14(3)12(19)16-8-7-15-6-4-5-10(15)9-16/h10H,4-9H2,1-3H3,(H,17,18). The molecule has 2 rings (SSSR count). The summed E-state index contributed by atoms with van der Waals surface area (Å²) in [5, 5.41) is 9.19. The van der Waals surface area contributed by atoms with E-state index in [2.05, 4.69) is 4.90 Å². The maximum atomic E-state index is 12.4. The van der Waals surface area contributed by atoms with Crippen molar-refractivity contribution in [2.45, 2.75) is 38.3 Å². The Labute approximate surface area is 114 Å². The molecule has 19 heavy (non-hydrogen) atoms. The van der Waals surface area contributed by atoms with Crippen molar-refractivity contribution in [2.75, 3.05) is 33.2 Å². The SMILES string of the molecule is CN(C(=O)N1CCN2CCCC2C1)C(C)(C)C(=O)O. The van der Waals surface area contributed by atoms with Gasteiger partial charge in [-0.05, 0) is 33.2 Å². The zero-order valence-electron chi connectivity index (χ0n) is 11.9. The first kappa shape index (κ1) is 14.1. The Balaban J connectivity index is 2.02.